The first-order chi connectivity index (χ1) is 10.1. The van der Waals surface area contributed by atoms with Gasteiger partial charge in [0.2, 0.25) is 0 Å². The maximum atomic E-state index is 13.1. The van der Waals surface area contributed by atoms with Gasteiger partial charge in [0, 0.05) is 0 Å². The molecule has 0 saturated carbocycles. The largest absolute Gasteiger partial charge is 0.207 e. The third kappa shape index (κ3) is 2.73. The SMILES string of the molecule is [B]c1cccc(-c2ccc(F)cc2)c1-c1ccc(F)cc1. The second kappa shape index (κ2) is 5.53. The molecule has 0 unspecified atom stereocenters. The van der Waals surface area contributed by atoms with E-state index in [1.54, 1.807) is 30.3 Å². The van der Waals surface area contributed by atoms with Crippen LogP contribution in [-0.2, 0) is 0 Å². The molecule has 0 amide bonds. The van der Waals surface area contributed by atoms with Crippen molar-refractivity contribution in [2.45, 2.75) is 0 Å². The normalized spacial score (nSPS) is 10.6. The molecular formula is C18H11BF2. The van der Waals surface area contributed by atoms with Gasteiger partial charge in [-0.2, -0.15) is 0 Å². The average Bonchev–Trinajstić information content (AvgIpc) is 2.49. The van der Waals surface area contributed by atoms with Crippen molar-refractivity contribution < 1.29 is 8.78 Å². The molecule has 3 heteroatoms. The highest BCUT2D eigenvalue weighted by molar-refractivity contribution is 6.37. The fourth-order valence-electron chi connectivity index (χ4n) is 2.38. The van der Waals surface area contributed by atoms with E-state index in [9.17, 15) is 8.78 Å². The topological polar surface area (TPSA) is 0 Å². The molecular weight excluding hydrogens is 265 g/mol. The molecule has 21 heavy (non-hydrogen) atoms. The predicted molar refractivity (Wildman–Crippen MR) is 82.6 cm³/mol. The van der Waals surface area contributed by atoms with Crippen LogP contribution < -0.4 is 5.46 Å². The van der Waals surface area contributed by atoms with Gasteiger partial charge in [-0.25, -0.2) is 8.78 Å². The zero-order valence-corrected chi connectivity index (χ0v) is 11.2. The molecule has 3 rings (SSSR count). The Kier molecular flexibility index (Phi) is 3.57. The van der Waals surface area contributed by atoms with Gasteiger partial charge < -0.3 is 0 Å². The summed E-state index contributed by atoms with van der Waals surface area (Å²) in [5.41, 5.74) is 4.01. The zero-order chi connectivity index (χ0) is 14.8. The van der Waals surface area contributed by atoms with Gasteiger partial charge >= 0.3 is 0 Å². The van der Waals surface area contributed by atoms with Crippen LogP contribution >= 0.6 is 0 Å². The van der Waals surface area contributed by atoms with Crippen molar-refractivity contribution >= 4 is 13.3 Å². The van der Waals surface area contributed by atoms with Gasteiger partial charge in [0.1, 0.15) is 19.5 Å². The first-order valence-corrected chi connectivity index (χ1v) is 6.55. The Morgan fingerprint density at radius 3 is 1.71 bits per heavy atom. The maximum Gasteiger partial charge on any atom is 0.123 e. The molecule has 0 nitrogen and oxygen atoms in total. The van der Waals surface area contributed by atoms with Crippen molar-refractivity contribution in [3.8, 4) is 22.3 Å². The molecule has 0 aliphatic carbocycles. The fourth-order valence-corrected chi connectivity index (χ4v) is 2.38. The molecule has 0 saturated heterocycles. The van der Waals surface area contributed by atoms with E-state index in [2.05, 4.69) is 0 Å². The summed E-state index contributed by atoms with van der Waals surface area (Å²) in [5.74, 6) is -0.581. The number of benzene rings is 3. The number of rotatable bonds is 2. The first-order valence-electron chi connectivity index (χ1n) is 6.55. The smallest absolute Gasteiger partial charge is 0.123 e. The molecule has 0 fully saturated rings. The van der Waals surface area contributed by atoms with E-state index in [0.29, 0.717) is 5.46 Å². The molecule has 0 aliphatic heterocycles. The lowest BCUT2D eigenvalue weighted by Crippen LogP contribution is -2.07. The van der Waals surface area contributed by atoms with Crippen LogP contribution in [0.5, 0.6) is 0 Å². The van der Waals surface area contributed by atoms with Crippen molar-refractivity contribution in [3.63, 3.8) is 0 Å². The van der Waals surface area contributed by atoms with Crippen LogP contribution in [-0.4, -0.2) is 7.85 Å². The molecule has 3 aromatic carbocycles. The lowest BCUT2D eigenvalue weighted by atomic mass is 9.82. The van der Waals surface area contributed by atoms with Gasteiger partial charge in [0.25, 0.3) is 0 Å². The van der Waals surface area contributed by atoms with Crippen LogP contribution in [0.4, 0.5) is 8.78 Å². The highest BCUT2D eigenvalue weighted by Gasteiger charge is 2.10. The van der Waals surface area contributed by atoms with E-state index in [-0.39, 0.29) is 11.6 Å². The van der Waals surface area contributed by atoms with Crippen molar-refractivity contribution in [1.82, 2.24) is 0 Å². The Morgan fingerprint density at radius 1 is 0.619 bits per heavy atom. The van der Waals surface area contributed by atoms with Crippen LogP contribution in [0.25, 0.3) is 22.3 Å². The minimum atomic E-state index is -0.295. The molecule has 0 heterocycles. The fraction of sp³-hybridized carbons (Fsp3) is 0. The molecule has 3 aromatic rings. The van der Waals surface area contributed by atoms with E-state index in [0.717, 1.165) is 22.3 Å². The summed E-state index contributed by atoms with van der Waals surface area (Å²) in [6.07, 6.45) is 0. The molecule has 0 spiro atoms. The number of hydrogen-bond donors (Lipinski definition) is 0. The van der Waals surface area contributed by atoms with Gasteiger partial charge in [-0.1, -0.05) is 47.9 Å². The highest BCUT2D eigenvalue weighted by Crippen LogP contribution is 2.30. The van der Waals surface area contributed by atoms with E-state index < -0.39 is 0 Å². The molecule has 2 radical (unpaired) electrons. The van der Waals surface area contributed by atoms with Gasteiger partial charge in [-0.05, 0) is 46.5 Å². The third-order valence-electron chi connectivity index (χ3n) is 3.38. The van der Waals surface area contributed by atoms with Crippen molar-refractivity contribution in [1.29, 1.82) is 0 Å². The quantitative estimate of drug-likeness (QED) is 0.618. The lowest BCUT2D eigenvalue weighted by Gasteiger charge is -2.14. The van der Waals surface area contributed by atoms with Crippen LogP contribution in [0.3, 0.4) is 0 Å². The highest BCUT2D eigenvalue weighted by atomic mass is 19.1. The maximum absolute atomic E-state index is 13.1. The van der Waals surface area contributed by atoms with Gasteiger partial charge in [0.15, 0.2) is 0 Å². The standard InChI is InChI=1S/C18H11BF2/c19-17-3-1-2-16(12-4-8-14(20)9-5-12)18(17)13-6-10-15(21)11-7-13/h1-11H. The molecule has 0 atom stereocenters. The monoisotopic (exact) mass is 276 g/mol. The second-order valence-corrected chi connectivity index (χ2v) is 4.78. The van der Waals surface area contributed by atoms with E-state index >= 15 is 0 Å². The van der Waals surface area contributed by atoms with Crippen LogP contribution in [0.2, 0.25) is 0 Å². The lowest BCUT2D eigenvalue weighted by molar-refractivity contribution is 0.627. The Labute approximate surface area is 123 Å². The van der Waals surface area contributed by atoms with Gasteiger partial charge in [-0.15, -0.1) is 0 Å². The average molecular weight is 276 g/mol. The van der Waals surface area contributed by atoms with Crippen LogP contribution in [0.15, 0.2) is 66.7 Å². The number of hydrogen-bond acceptors (Lipinski definition) is 0. The van der Waals surface area contributed by atoms with Crippen LogP contribution in [0.1, 0.15) is 0 Å². The van der Waals surface area contributed by atoms with Gasteiger partial charge in [0.05, 0.1) is 0 Å². The molecule has 0 N–H and O–H groups in total. The van der Waals surface area contributed by atoms with Crippen molar-refractivity contribution in [3.05, 3.63) is 78.4 Å². The molecule has 0 aromatic heterocycles. The Balaban J connectivity index is 2.20. The predicted octanol–water partition coefficient (Wildman–Crippen LogP) is 4.09. The summed E-state index contributed by atoms with van der Waals surface area (Å²) >= 11 is 0. The third-order valence-corrected chi connectivity index (χ3v) is 3.38. The zero-order valence-electron chi connectivity index (χ0n) is 11.2. The van der Waals surface area contributed by atoms with Crippen LogP contribution in [0, 0.1) is 11.6 Å². The summed E-state index contributed by atoms with van der Waals surface area (Å²) < 4.78 is 26.2. The second-order valence-electron chi connectivity index (χ2n) is 4.78. The minimum absolute atomic E-state index is 0.286. The minimum Gasteiger partial charge on any atom is -0.207 e. The molecule has 100 valence electrons. The van der Waals surface area contributed by atoms with E-state index in [1.807, 2.05) is 12.1 Å². The molecule has 0 bridgehead atoms. The van der Waals surface area contributed by atoms with Gasteiger partial charge in [-0.3, -0.25) is 0 Å². The summed E-state index contributed by atoms with van der Waals surface area (Å²) in [4.78, 5) is 0. The number of halogens is 2. The molecule has 0 aliphatic rings. The summed E-state index contributed by atoms with van der Waals surface area (Å²) in [5, 5.41) is 0. The Morgan fingerprint density at radius 2 is 1.14 bits per heavy atom. The first kappa shape index (κ1) is 13.6. The van der Waals surface area contributed by atoms with Crippen molar-refractivity contribution in [2.75, 3.05) is 0 Å². The Bertz CT molecular complexity index is 762. The van der Waals surface area contributed by atoms with E-state index in [4.69, 9.17) is 7.85 Å². The van der Waals surface area contributed by atoms with E-state index in [1.165, 1.54) is 24.3 Å². The Hall–Kier alpha value is -2.42. The summed E-state index contributed by atoms with van der Waals surface area (Å²) in [6, 6.07) is 18.0. The summed E-state index contributed by atoms with van der Waals surface area (Å²) in [6.45, 7) is 0. The van der Waals surface area contributed by atoms with Crippen molar-refractivity contribution in [2.24, 2.45) is 0 Å². The summed E-state index contributed by atoms with van der Waals surface area (Å²) in [7, 11) is 6.09.